The number of benzene rings is 1. The lowest BCUT2D eigenvalue weighted by molar-refractivity contribution is -0.136. The maximum absolute atomic E-state index is 13.4. The number of carbonyl (C=O) groups is 3. The quantitative estimate of drug-likeness (QED) is 0.565. The molecule has 2 aliphatic rings. The monoisotopic (exact) mass is 278 g/mol. The highest BCUT2D eigenvalue weighted by atomic mass is 19.1. The first kappa shape index (κ1) is 11.4. The number of nitrogens with one attached hydrogen (secondary N) is 1. The summed E-state index contributed by atoms with van der Waals surface area (Å²) in [6.45, 7) is -0.0502. The summed E-state index contributed by atoms with van der Waals surface area (Å²) in [4.78, 5) is 36.5. The van der Waals surface area contributed by atoms with Gasteiger partial charge in [-0.1, -0.05) is 0 Å². The van der Waals surface area contributed by atoms with Crippen molar-refractivity contribution in [2.45, 2.75) is 25.4 Å². The maximum Gasteiger partial charge on any atom is 0.255 e. The van der Waals surface area contributed by atoms with Crippen LogP contribution in [-0.4, -0.2) is 28.6 Å². The fourth-order valence-electron chi connectivity index (χ4n) is 2.48. The van der Waals surface area contributed by atoms with Crippen LogP contribution in [0.15, 0.2) is 12.1 Å². The SMILES string of the molecule is [2H][C@]1(N2Cc3c(N)cc(F)cc3C2=O)CCC(=O)NC1=O. The van der Waals surface area contributed by atoms with E-state index in [4.69, 9.17) is 7.10 Å². The minimum absolute atomic E-state index is 0.0286. The van der Waals surface area contributed by atoms with E-state index in [2.05, 4.69) is 5.32 Å². The van der Waals surface area contributed by atoms with Gasteiger partial charge in [0.1, 0.15) is 11.8 Å². The van der Waals surface area contributed by atoms with E-state index in [1.165, 1.54) is 0 Å². The lowest BCUT2D eigenvalue weighted by Gasteiger charge is -2.29. The molecule has 6 nitrogen and oxygen atoms in total. The molecule has 0 aliphatic carbocycles. The standard InChI is InChI=1S/C13H12FN3O3/c14-6-3-7-8(9(15)4-6)5-17(13(7)20)10-1-2-11(18)16-12(10)19/h3-4,10H,1-2,5,15H2,(H,16,18,19)/t10-/m0/s1/i10D. The predicted octanol–water partition coefficient (Wildman–Crippen LogP) is 0.169. The van der Waals surface area contributed by atoms with Crippen LogP contribution in [-0.2, 0) is 16.1 Å². The molecule has 0 saturated carbocycles. The molecule has 7 heteroatoms. The Morgan fingerprint density at radius 1 is 1.40 bits per heavy atom. The smallest absolute Gasteiger partial charge is 0.255 e. The molecule has 104 valence electrons. The topological polar surface area (TPSA) is 92.5 Å². The molecule has 1 aromatic rings. The minimum atomic E-state index is -1.88. The Morgan fingerprint density at radius 2 is 2.15 bits per heavy atom. The molecule has 0 spiro atoms. The molecular weight excluding hydrogens is 265 g/mol. The van der Waals surface area contributed by atoms with Crippen molar-refractivity contribution >= 4 is 23.4 Å². The van der Waals surface area contributed by atoms with Gasteiger partial charge in [-0.2, -0.15) is 0 Å². The molecule has 1 aromatic carbocycles. The first-order valence-corrected chi connectivity index (χ1v) is 6.07. The van der Waals surface area contributed by atoms with Crippen LogP contribution in [0.5, 0.6) is 0 Å². The van der Waals surface area contributed by atoms with Crippen LogP contribution in [0, 0.1) is 5.82 Å². The molecule has 0 aromatic heterocycles. The van der Waals surface area contributed by atoms with Gasteiger partial charge < -0.3 is 10.6 Å². The van der Waals surface area contributed by atoms with E-state index in [-0.39, 0.29) is 30.6 Å². The van der Waals surface area contributed by atoms with Gasteiger partial charge in [0.05, 0.1) is 1.37 Å². The van der Waals surface area contributed by atoms with Crippen molar-refractivity contribution in [2.24, 2.45) is 0 Å². The van der Waals surface area contributed by atoms with Crippen molar-refractivity contribution in [3.63, 3.8) is 0 Å². The molecule has 1 atom stereocenters. The summed E-state index contributed by atoms with van der Waals surface area (Å²) in [7, 11) is 0. The van der Waals surface area contributed by atoms with E-state index >= 15 is 0 Å². The number of fused-ring (bicyclic) bond motifs is 1. The lowest BCUT2D eigenvalue weighted by Crippen LogP contribution is -2.52. The van der Waals surface area contributed by atoms with Crippen LogP contribution in [0.4, 0.5) is 10.1 Å². The first-order valence-electron chi connectivity index (χ1n) is 6.57. The Balaban J connectivity index is 2.00. The van der Waals surface area contributed by atoms with Gasteiger partial charge in [0, 0.05) is 29.8 Å². The van der Waals surface area contributed by atoms with Gasteiger partial charge in [0.25, 0.3) is 5.91 Å². The number of hydrogen-bond donors (Lipinski definition) is 2. The van der Waals surface area contributed by atoms with Crippen molar-refractivity contribution in [3.8, 4) is 0 Å². The van der Waals surface area contributed by atoms with E-state index < -0.39 is 29.6 Å². The largest absolute Gasteiger partial charge is 0.398 e. The van der Waals surface area contributed by atoms with Gasteiger partial charge in [0.15, 0.2) is 0 Å². The number of rotatable bonds is 1. The predicted molar refractivity (Wildman–Crippen MR) is 66.9 cm³/mol. The van der Waals surface area contributed by atoms with Crippen LogP contribution in [0.1, 0.15) is 30.1 Å². The van der Waals surface area contributed by atoms with Crippen LogP contribution in [0.3, 0.4) is 0 Å². The number of hydrogen-bond acceptors (Lipinski definition) is 4. The third kappa shape index (κ3) is 1.82. The zero-order valence-corrected chi connectivity index (χ0v) is 10.4. The number of anilines is 1. The summed E-state index contributed by atoms with van der Waals surface area (Å²) in [5, 5.41) is 2.06. The molecule has 0 radical (unpaired) electrons. The minimum Gasteiger partial charge on any atom is -0.398 e. The number of carbonyl (C=O) groups excluding carboxylic acids is 3. The zero-order chi connectivity index (χ0) is 15.4. The van der Waals surface area contributed by atoms with Crippen LogP contribution < -0.4 is 11.1 Å². The van der Waals surface area contributed by atoms with Crippen molar-refractivity contribution in [1.82, 2.24) is 10.2 Å². The summed E-state index contributed by atoms with van der Waals surface area (Å²) in [6.07, 6.45) is -0.126. The van der Waals surface area contributed by atoms with Gasteiger partial charge in [-0.25, -0.2) is 4.39 Å². The zero-order valence-electron chi connectivity index (χ0n) is 11.4. The summed E-state index contributed by atoms with van der Waals surface area (Å²) in [5.41, 5.74) is 6.26. The maximum atomic E-state index is 13.4. The molecular formula is C13H12FN3O3. The van der Waals surface area contributed by atoms with Crippen LogP contribution in [0.2, 0.25) is 0 Å². The van der Waals surface area contributed by atoms with E-state index in [9.17, 15) is 18.8 Å². The molecule has 1 fully saturated rings. The summed E-state index contributed by atoms with van der Waals surface area (Å²) < 4.78 is 21.6. The van der Waals surface area contributed by atoms with Gasteiger partial charge in [-0.05, 0) is 18.6 Å². The number of piperidine rings is 1. The number of nitrogen functional groups attached to an aromatic ring is 1. The average molecular weight is 278 g/mol. The molecule has 3 rings (SSSR count). The molecule has 0 bridgehead atoms. The van der Waals surface area contributed by atoms with E-state index in [1.54, 1.807) is 0 Å². The second-order valence-corrected chi connectivity index (χ2v) is 4.74. The van der Waals surface area contributed by atoms with Crippen LogP contribution >= 0.6 is 0 Å². The van der Waals surface area contributed by atoms with Crippen molar-refractivity contribution in [3.05, 3.63) is 29.1 Å². The van der Waals surface area contributed by atoms with Crippen molar-refractivity contribution < 1.29 is 20.1 Å². The number of nitrogens with zero attached hydrogens (tertiary/aromatic N) is 1. The molecule has 2 aliphatic heterocycles. The third-order valence-corrected chi connectivity index (χ3v) is 3.47. The number of nitrogens with two attached hydrogens (primary N) is 1. The molecule has 3 amide bonds. The third-order valence-electron chi connectivity index (χ3n) is 3.47. The Morgan fingerprint density at radius 3 is 2.85 bits per heavy atom. The summed E-state index contributed by atoms with van der Waals surface area (Å²) in [6, 6.07) is 0.257. The van der Waals surface area contributed by atoms with E-state index in [0.29, 0.717) is 5.56 Å². The van der Waals surface area contributed by atoms with E-state index in [0.717, 1.165) is 17.0 Å². The number of imide groups is 1. The van der Waals surface area contributed by atoms with E-state index in [1.807, 2.05) is 0 Å². The Hall–Kier alpha value is -2.44. The average Bonchev–Trinajstić information content (AvgIpc) is 2.73. The summed E-state index contributed by atoms with van der Waals surface area (Å²) >= 11 is 0. The Bertz CT molecular complexity index is 693. The highest BCUT2D eigenvalue weighted by molar-refractivity contribution is 6.06. The van der Waals surface area contributed by atoms with Gasteiger partial charge in [-0.3, -0.25) is 19.7 Å². The second-order valence-electron chi connectivity index (χ2n) is 4.74. The fraction of sp³-hybridized carbons (Fsp3) is 0.308. The number of amides is 3. The molecule has 0 unspecified atom stereocenters. The van der Waals surface area contributed by atoms with Gasteiger partial charge >= 0.3 is 0 Å². The molecule has 20 heavy (non-hydrogen) atoms. The Kier molecular flexibility index (Phi) is 2.45. The highest BCUT2D eigenvalue weighted by Gasteiger charge is 2.39. The molecule has 1 saturated heterocycles. The summed E-state index contributed by atoms with van der Waals surface area (Å²) in [5.74, 6) is -2.60. The van der Waals surface area contributed by atoms with Crippen molar-refractivity contribution in [2.75, 3.05) is 5.73 Å². The van der Waals surface area contributed by atoms with Crippen LogP contribution in [0.25, 0.3) is 0 Å². The Labute approximate surface area is 115 Å². The van der Waals surface area contributed by atoms with Gasteiger partial charge in [0.2, 0.25) is 11.8 Å². The fourth-order valence-corrected chi connectivity index (χ4v) is 2.48. The molecule has 3 N–H and O–H groups in total. The van der Waals surface area contributed by atoms with Gasteiger partial charge in [-0.15, -0.1) is 0 Å². The highest BCUT2D eigenvalue weighted by Crippen LogP contribution is 2.31. The normalized spacial score (nSPS) is 26.4. The van der Waals surface area contributed by atoms with Crippen molar-refractivity contribution in [1.29, 1.82) is 0 Å². The first-order chi connectivity index (χ1) is 9.83. The second kappa shape index (κ2) is 4.29. The number of halogens is 1. The molecule has 2 heterocycles. The lowest BCUT2D eigenvalue weighted by atomic mass is 10.0.